The second-order valence-electron chi connectivity index (χ2n) is 3.72. The second kappa shape index (κ2) is 7.10. The molecule has 0 fully saturated rings. The first-order valence-corrected chi connectivity index (χ1v) is 5.61. The van der Waals surface area contributed by atoms with Crippen molar-refractivity contribution in [1.82, 2.24) is 0 Å². The Kier molecular flexibility index (Phi) is 5.47. The first-order chi connectivity index (χ1) is 8.99. The van der Waals surface area contributed by atoms with Gasteiger partial charge in [-0.15, -0.1) is 0 Å². The lowest BCUT2D eigenvalue weighted by Crippen LogP contribution is -2.17. The van der Waals surface area contributed by atoms with Crippen molar-refractivity contribution in [3.05, 3.63) is 41.7 Å². The Morgan fingerprint density at radius 2 is 1.68 bits per heavy atom. The molecule has 0 N–H and O–H groups in total. The van der Waals surface area contributed by atoms with Crippen LogP contribution in [-0.4, -0.2) is 24.3 Å². The molecule has 100 valence electrons. The monoisotopic (exact) mass is 262 g/mol. The number of esters is 2. The van der Waals surface area contributed by atoms with E-state index in [2.05, 4.69) is 4.74 Å². The molecule has 0 bridgehead atoms. The second-order valence-corrected chi connectivity index (χ2v) is 3.72. The lowest BCUT2D eigenvalue weighted by Gasteiger charge is -2.06. The molecular formula is C14H14O5. The molecule has 0 saturated carbocycles. The van der Waals surface area contributed by atoms with Crippen LogP contribution in [0.2, 0.25) is 0 Å². The third-order valence-electron chi connectivity index (χ3n) is 2.03. The highest BCUT2D eigenvalue weighted by molar-refractivity contribution is 6.00. The van der Waals surface area contributed by atoms with E-state index in [0.29, 0.717) is 5.56 Å². The van der Waals surface area contributed by atoms with Gasteiger partial charge < -0.3 is 9.47 Å². The van der Waals surface area contributed by atoms with E-state index in [1.807, 2.05) is 6.07 Å². The van der Waals surface area contributed by atoms with Gasteiger partial charge in [0.15, 0.2) is 12.4 Å². The van der Waals surface area contributed by atoms with Crippen molar-refractivity contribution in [1.29, 1.82) is 0 Å². The third kappa shape index (κ3) is 5.63. The van der Waals surface area contributed by atoms with Crippen LogP contribution in [0.1, 0.15) is 19.4 Å². The summed E-state index contributed by atoms with van der Waals surface area (Å²) in [4.78, 5) is 33.4. The highest BCUT2D eigenvalue weighted by Gasteiger charge is 2.15. The SMILES string of the molecule is CC(=O)OCC(=O)C(=Cc1ccccc1)OC(C)=O. The van der Waals surface area contributed by atoms with Crippen LogP contribution in [0.25, 0.3) is 6.08 Å². The first kappa shape index (κ1) is 14.6. The van der Waals surface area contributed by atoms with Gasteiger partial charge in [0, 0.05) is 13.8 Å². The molecule has 5 nitrogen and oxygen atoms in total. The van der Waals surface area contributed by atoms with Crippen LogP contribution < -0.4 is 0 Å². The van der Waals surface area contributed by atoms with Gasteiger partial charge in [0.1, 0.15) is 0 Å². The molecule has 0 atom stereocenters. The average molecular weight is 262 g/mol. The summed E-state index contributed by atoms with van der Waals surface area (Å²) in [6.07, 6.45) is 1.42. The minimum absolute atomic E-state index is 0.153. The smallest absolute Gasteiger partial charge is 0.308 e. The van der Waals surface area contributed by atoms with Crippen molar-refractivity contribution < 1.29 is 23.9 Å². The number of rotatable bonds is 5. The Bertz CT molecular complexity index is 502. The molecule has 19 heavy (non-hydrogen) atoms. The van der Waals surface area contributed by atoms with E-state index in [4.69, 9.17) is 4.74 Å². The number of benzene rings is 1. The molecule has 0 aromatic heterocycles. The molecule has 1 aromatic carbocycles. The summed E-state index contributed by atoms with van der Waals surface area (Å²) in [7, 11) is 0. The van der Waals surface area contributed by atoms with Crippen molar-refractivity contribution in [3.63, 3.8) is 0 Å². The molecule has 0 radical (unpaired) electrons. The third-order valence-corrected chi connectivity index (χ3v) is 2.03. The molecule has 0 saturated heterocycles. The fraction of sp³-hybridized carbons (Fsp3) is 0.214. The van der Waals surface area contributed by atoms with Crippen LogP contribution >= 0.6 is 0 Å². The molecule has 0 aliphatic rings. The lowest BCUT2D eigenvalue weighted by atomic mass is 10.2. The predicted octanol–water partition coefficient (Wildman–Crippen LogP) is 1.72. The quantitative estimate of drug-likeness (QED) is 0.459. The summed E-state index contributed by atoms with van der Waals surface area (Å²) in [6.45, 7) is 1.93. The zero-order valence-electron chi connectivity index (χ0n) is 10.7. The molecular weight excluding hydrogens is 248 g/mol. The van der Waals surface area contributed by atoms with E-state index in [-0.39, 0.29) is 5.76 Å². The van der Waals surface area contributed by atoms with Crippen LogP contribution in [0.15, 0.2) is 36.1 Å². The van der Waals surface area contributed by atoms with E-state index in [1.165, 1.54) is 19.9 Å². The fourth-order valence-electron chi connectivity index (χ4n) is 1.26. The van der Waals surface area contributed by atoms with Crippen molar-refractivity contribution in [3.8, 4) is 0 Å². The number of ketones is 1. The minimum atomic E-state index is -0.613. The van der Waals surface area contributed by atoms with E-state index in [0.717, 1.165) is 0 Å². The molecule has 1 aromatic rings. The predicted molar refractivity (Wildman–Crippen MR) is 67.8 cm³/mol. The van der Waals surface area contributed by atoms with Gasteiger partial charge in [0.05, 0.1) is 0 Å². The van der Waals surface area contributed by atoms with Gasteiger partial charge in [-0.2, -0.15) is 0 Å². The minimum Gasteiger partial charge on any atom is -0.457 e. The number of carbonyl (C=O) groups is 3. The zero-order valence-corrected chi connectivity index (χ0v) is 10.7. The van der Waals surface area contributed by atoms with Gasteiger partial charge in [-0.1, -0.05) is 30.3 Å². The van der Waals surface area contributed by atoms with Gasteiger partial charge in [-0.25, -0.2) is 0 Å². The van der Waals surface area contributed by atoms with Crippen molar-refractivity contribution >= 4 is 23.8 Å². The Hall–Kier alpha value is -2.43. The van der Waals surface area contributed by atoms with Crippen molar-refractivity contribution in [2.24, 2.45) is 0 Å². The van der Waals surface area contributed by atoms with E-state index in [9.17, 15) is 14.4 Å². The van der Waals surface area contributed by atoms with Gasteiger partial charge in [0.2, 0.25) is 5.78 Å². The Morgan fingerprint density at radius 1 is 1.05 bits per heavy atom. The standard InChI is InChI=1S/C14H14O5/c1-10(15)18-9-13(17)14(19-11(2)16)8-12-6-4-3-5-7-12/h3-8H,9H2,1-2H3. The van der Waals surface area contributed by atoms with Gasteiger partial charge >= 0.3 is 11.9 Å². The van der Waals surface area contributed by atoms with E-state index < -0.39 is 24.3 Å². The number of carbonyl (C=O) groups excluding carboxylic acids is 3. The maximum Gasteiger partial charge on any atom is 0.308 e. The van der Waals surface area contributed by atoms with Gasteiger partial charge in [-0.3, -0.25) is 14.4 Å². The normalized spacial score (nSPS) is 10.7. The van der Waals surface area contributed by atoms with Gasteiger partial charge in [-0.05, 0) is 11.6 Å². The lowest BCUT2D eigenvalue weighted by molar-refractivity contribution is -0.147. The molecule has 0 aliphatic carbocycles. The summed E-state index contributed by atoms with van der Waals surface area (Å²) in [5.74, 6) is -1.91. The Labute approximate surface area is 110 Å². The van der Waals surface area contributed by atoms with Crippen LogP contribution in [0.4, 0.5) is 0 Å². The van der Waals surface area contributed by atoms with Crippen molar-refractivity contribution in [2.45, 2.75) is 13.8 Å². The van der Waals surface area contributed by atoms with Crippen LogP contribution in [0.3, 0.4) is 0 Å². The topological polar surface area (TPSA) is 69.7 Å². The first-order valence-electron chi connectivity index (χ1n) is 5.61. The maximum atomic E-state index is 11.8. The number of Topliss-reactive ketones (excluding diaryl/α,β-unsaturated/α-hetero) is 1. The molecule has 5 heteroatoms. The summed E-state index contributed by atoms with van der Waals surface area (Å²) < 4.78 is 9.41. The van der Waals surface area contributed by atoms with E-state index >= 15 is 0 Å². The zero-order chi connectivity index (χ0) is 14.3. The summed E-state index contributed by atoms with van der Waals surface area (Å²) >= 11 is 0. The van der Waals surface area contributed by atoms with Crippen LogP contribution in [0.5, 0.6) is 0 Å². The average Bonchev–Trinajstić information content (AvgIpc) is 2.36. The molecule has 0 unspecified atom stereocenters. The van der Waals surface area contributed by atoms with E-state index in [1.54, 1.807) is 24.3 Å². The maximum absolute atomic E-state index is 11.8. The molecule has 0 aliphatic heterocycles. The Morgan fingerprint density at radius 3 is 2.21 bits per heavy atom. The fourth-order valence-corrected chi connectivity index (χ4v) is 1.26. The summed E-state index contributed by atoms with van der Waals surface area (Å²) in [5.41, 5.74) is 0.704. The summed E-state index contributed by atoms with van der Waals surface area (Å²) in [5, 5.41) is 0. The Balaban J connectivity index is 2.88. The van der Waals surface area contributed by atoms with Crippen LogP contribution in [0, 0.1) is 0 Å². The molecule has 0 heterocycles. The molecule has 0 spiro atoms. The van der Waals surface area contributed by atoms with Gasteiger partial charge in [0.25, 0.3) is 0 Å². The molecule has 1 rings (SSSR count). The largest absolute Gasteiger partial charge is 0.457 e. The number of ether oxygens (including phenoxy) is 2. The number of hydrogen-bond donors (Lipinski definition) is 0. The summed E-state index contributed by atoms with van der Waals surface area (Å²) in [6, 6.07) is 8.90. The number of hydrogen-bond acceptors (Lipinski definition) is 5. The van der Waals surface area contributed by atoms with Crippen molar-refractivity contribution in [2.75, 3.05) is 6.61 Å². The van der Waals surface area contributed by atoms with Crippen LogP contribution in [-0.2, 0) is 23.9 Å². The highest BCUT2D eigenvalue weighted by atomic mass is 16.6. The highest BCUT2D eigenvalue weighted by Crippen LogP contribution is 2.09. The molecule has 0 amide bonds.